The number of unbranched alkanes of at least 4 members (excludes halogenated alkanes) is 2. The summed E-state index contributed by atoms with van der Waals surface area (Å²) in [6, 6.07) is 7.08. The summed E-state index contributed by atoms with van der Waals surface area (Å²) in [5.74, 6) is -0.234. The SMILES string of the molecule is CCCCN=C1S[C@@H](CC(=O)Nc2ccccc2Cl)C(=O)N1CCCC. The van der Waals surface area contributed by atoms with Crippen molar-refractivity contribution in [3.05, 3.63) is 29.3 Å². The van der Waals surface area contributed by atoms with Crippen molar-refractivity contribution in [2.24, 2.45) is 4.99 Å². The zero-order valence-corrected chi connectivity index (χ0v) is 16.9. The number of carbonyl (C=O) groups is 2. The number of nitrogens with one attached hydrogen (secondary N) is 1. The highest BCUT2D eigenvalue weighted by atomic mass is 35.5. The van der Waals surface area contributed by atoms with Gasteiger partial charge in [-0.2, -0.15) is 0 Å². The van der Waals surface area contributed by atoms with E-state index in [9.17, 15) is 9.59 Å². The minimum atomic E-state index is -0.422. The number of aliphatic imine (C=N–C) groups is 1. The number of nitrogens with zero attached hydrogens (tertiary/aromatic N) is 2. The largest absolute Gasteiger partial charge is 0.325 e. The van der Waals surface area contributed by atoms with E-state index in [1.165, 1.54) is 11.8 Å². The van der Waals surface area contributed by atoms with Crippen LogP contribution in [0, 0.1) is 0 Å². The molecular weight excluding hydrogens is 370 g/mol. The molecule has 1 atom stereocenters. The molecule has 7 heteroatoms. The Morgan fingerprint density at radius 1 is 1.27 bits per heavy atom. The molecule has 0 unspecified atom stereocenters. The molecule has 1 aliphatic rings. The quantitative estimate of drug-likeness (QED) is 0.623. The Bertz CT molecular complexity index is 666. The van der Waals surface area contributed by atoms with Crippen LogP contribution in [0.15, 0.2) is 29.3 Å². The molecule has 2 amide bonds. The predicted octanol–water partition coefficient (Wildman–Crippen LogP) is 4.57. The zero-order chi connectivity index (χ0) is 18.9. The minimum absolute atomic E-state index is 0.0204. The van der Waals surface area contributed by atoms with Gasteiger partial charge < -0.3 is 5.32 Å². The standard InChI is InChI=1S/C19H26ClN3O2S/c1-3-5-11-21-19-23(12-6-4-2)18(25)16(26-19)13-17(24)22-15-10-8-7-9-14(15)20/h7-10,16H,3-6,11-13H2,1-2H3,(H,22,24)/t16-/m0/s1. The summed E-state index contributed by atoms with van der Waals surface area (Å²) in [6.07, 6.45) is 4.11. The van der Waals surface area contributed by atoms with Gasteiger partial charge in [-0.05, 0) is 25.0 Å². The average molecular weight is 396 g/mol. The number of para-hydroxylation sites is 1. The molecule has 0 aliphatic carbocycles. The topological polar surface area (TPSA) is 61.8 Å². The van der Waals surface area contributed by atoms with E-state index in [0.29, 0.717) is 23.8 Å². The van der Waals surface area contributed by atoms with Gasteiger partial charge in [-0.3, -0.25) is 19.5 Å². The summed E-state index contributed by atoms with van der Waals surface area (Å²) in [5, 5.41) is 3.61. The summed E-state index contributed by atoms with van der Waals surface area (Å²) in [5.41, 5.74) is 0.564. The second-order valence-electron chi connectivity index (χ2n) is 6.20. The molecule has 2 rings (SSSR count). The number of thioether (sulfide) groups is 1. The van der Waals surface area contributed by atoms with Gasteiger partial charge in [0, 0.05) is 19.5 Å². The van der Waals surface area contributed by atoms with Gasteiger partial charge in [-0.1, -0.05) is 62.2 Å². The molecule has 26 heavy (non-hydrogen) atoms. The Labute approximate surface area is 164 Å². The summed E-state index contributed by atoms with van der Waals surface area (Å²) < 4.78 is 0. The highest BCUT2D eigenvalue weighted by molar-refractivity contribution is 8.15. The smallest absolute Gasteiger partial charge is 0.242 e. The van der Waals surface area contributed by atoms with Gasteiger partial charge >= 0.3 is 0 Å². The normalized spacial score (nSPS) is 18.6. The van der Waals surface area contributed by atoms with Crippen molar-refractivity contribution in [2.45, 2.75) is 51.2 Å². The van der Waals surface area contributed by atoms with E-state index in [1.807, 2.05) is 6.07 Å². The highest BCUT2D eigenvalue weighted by Gasteiger charge is 2.38. The fourth-order valence-corrected chi connectivity index (χ4v) is 3.92. The van der Waals surface area contributed by atoms with Gasteiger partial charge in [-0.25, -0.2) is 0 Å². The number of amides is 2. The van der Waals surface area contributed by atoms with Gasteiger partial charge in [0.1, 0.15) is 5.25 Å². The molecule has 0 spiro atoms. The number of benzene rings is 1. The molecule has 0 bridgehead atoms. The summed E-state index contributed by atoms with van der Waals surface area (Å²) in [6.45, 7) is 5.59. The first kappa shape index (κ1) is 20.8. The Kier molecular flexibility index (Phi) is 8.45. The zero-order valence-electron chi connectivity index (χ0n) is 15.3. The third kappa shape index (κ3) is 5.74. The van der Waals surface area contributed by atoms with Crippen LogP contribution in [0.3, 0.4) is 0 Å². The Morgan fingerprint density at radius 2 is 2.00 bits per heavy atom. The first-order valence-corrected chi connectivity index (χ1v) is 10.4. The predicted molar refractivity (Wildman–Crippen MR) is 110 cm³/mol. The number of amidine groups is 1. The molecular formula is C19H26ClN3O2S. The van der Waals surface area contributed by atoms with E-state index in [0.717, 1.165) is 30.9 Å². The number of hydrogen-bond donors (Lipinski definition) is 1. The van der Waals surface area contributed by atoms with Crippen molar-refractivity contribution in [3.63, 3.8) is 0 Å². The van der Waals surface area contributed by atoms with E-state index in [-0.39, 0.29) is 18.2 Å². The van der Waals surface area contributed by atoms with Crippen LogP contribution < -0.4 is 5.32 Å². The molecule has 1 N–H and O–H groups in total. The minimum Gasteiger partial charge on any atom is -0.325 e. The second-order valence-corrected chi connectivity index (χ2v) is 7.78. The maximum Gasteiger partial charge on any atom is 0.242 e. The van der Waals surface area contributed by atoms with Crippen LogP contribution >= 0.6 is 23.4 Å². The lowest BCUT2D eigenvalue weighted by molar-refractivity contribution is -0.128. The molecule has 1 aromatic carbocycles. The summed E-state index contributed by atoms with van der Waals surface area (Å²) >= 11 is 7.48. The molecule has 142 valence electrons. The van der Waals surface area contributed by atoms with E-state index >= 15 is 0 Å². The molecule has 1 aliphatic heterocycles. The van der Waals surface area contributed by atoms with Crippen LogP contribution in [0.5, 0.6) is 0 Å². The molecule has 0 aromatic heterocycles. The number of rotatable bonds is 9. The molecule has 1 saturated heterocycles. The molecule has 1 fully saturated rings. The number of anilines is 1. The van der Waals surface area contributed by atoms with Gasteiger partial charge in [-0.15, -0.1) is 0 Å². The maximum absolute atomic E-state index is 12.7. The first-order valence-electron chi connectivity index (χ1n) is 9.13. The fraction of sp³-hybridized carbons (Fsp3) is 0.526. The van der Waals surface area contributed by atoms with Gasteiger partial charge in [0.05, 0.1) is 10.7 Å². The van der Waals surface area contributed by atoms with Crippen molar-refractivity contribution in [1.82, 2.24) is 4.90 Å². The molecule has 0 radical (unpaired) electrons. The third-order valence-electron chi connectivity index (χ3n) is 4.03. The monoisotopic (exact) mass is 395 g/mol. The van der Waals surface area contributed by atoms with Crippen LogP contribution in [-0.4, -0.2) is 40.2 Å². The van der Waals surface area contributed by atoms with Crippen LogP contribution in [0.1, 0.15) is 46.0 Å². The molecule has 0 saturated carbocycles. The fourth-order valence-electron chi connectivity index (χ4n) is 2.55. The second kappa shape index (κ2) is 10.6. The van der Waals surface area contributed by atoms with Gasteiger partial charge in [0.15, 0.2) is 5.17 Å². The Hall–Kier alpha value is -1.53. The lowest BCUT2D eigenvalue weighted by Crippen LogP contribution is -2.34. The Balaban J connectivity index is 2.01. The number of hydrogen-bond acceptors (Lipinski definition) is 4. The first-order chi connectivity index (χ1) is 12.6. The van der Waals surface area contributed by atoms with Crippen LogP contribution in [0.2, 0.25) is 5.02 Å². The van der Waals surface area contributed by atoms with Crippen molar-refractivity contribution in [2.75, 3.05) is 18.4 Å². The lowest BCUT2D eigenvalue weighted by Gasteiger charge is -2.16. The number of halogens is 1. The van der Waals surface area contributed by atoms with Crippen molar-refractivity contribution < 1.29 is 9.59 Å². The molecule has 1 aromatic rings. The number of carbonyl (C=O) groups excluding carboxylic acids is 2. The average Bonchev–Trinajstić information content (AvgIpc) is 2.90. The summed E-state index contributed by atoms with van der Waals surface area (Å²) in [7, 11) is 0. The summed E-state index contributed by atoms with van der Waals surface area (Å²) in [4.78, 5) is 31.4. The van der Waals surface area contributed by atoms with Crippen LogP contribution in [-0.2, 0) is 9.59 Å². The van der Waals surface area contributed by atoms with Gasteiger partial charge in [0.2, 0.25) is 11.8 Å². The van der Waals surface area contributed by atoms with Gasteiger partial charge in [0.25, 0.3) is 0 Å². The lowest BCUT2D eigenvalue weighted by atomic mass is 10.2. The molecule has 5 nitrogen and oxygen atoms in total. The van der Waals surface area contributed by atoms with Crippen molar-refractivity contribution in [3.8, 4) is 0 Å². The van der Waals surface area contributed by atoms with Crippen LogP contribution in [0.25, 0.3) is 0 Å². The van der Waals surface area contributed by atoms with E-state index in [4.69, 9.17) is 11.6 Å². The highest BCUT2D eigenvalue weighted by Crippen LogP contribution is 2.30. The van der Waals surface area contributed by atoms with E-state index < -0.39 is 5.25 Å². The molecule has 1 heterocycles. The van der Waals surface area contributed by atoms with E-state index in [2.05, 4.69) is 24.2 Å². The maximum atomic E-state index is 12.7. The van der Waals surface area contributed by atoms with Crippen molar-refractivity contribution in [1.29, 1.82) is 0 Å². The Morgan fingerprint density at radius 3 is 2.69 bits per heavy atom. The van der Waals surface area contributed by atoms with E-state index in [1.54, 1.807) is 23.1 Å². The van der Waals surface area contributed by atoms with Crippen molar-refractivity contribution >= 4 is 46.0 Å². The van der Waals surface area contributed by atoms with Crippen LogP contribution in [0.4, 0.5) is 5.69 Å². The third-order valence-corrected chi connectivity index (χ3v) is 5.58.